The second-order valence-corrected chi connectivity index (χ2v) is 8.37. The summed E-state index contributed by atoms with van der Waals surface area (Å²) in [6.45, 7) is 4.46. The summed E-state index contributed by atoms with van der Waals surface area (Å²) >= 11 is 0. The van der Waals surface area contributed by atoms with E-state index in [1.54, 1.807) is 0 Å². The highest BCUT2D eigenvalue weighted by atomic mass is 17.3. The molecule has 0 saturated heterocycles. The van der Waals surface area contributed by atoms with E-state index in [0.29, 0.717) is 12.8 Å². The average Bonchev–Trinajstić information content (AvgIpc) is 2.74. The first-order chi connectivity index (χ1) is 14.7. The summed E-state index contributed by atoms with van der Waals surface area (Å²) < 4.78 is 0. The number of rotatable bonds is 23. The Morgan fingerprint density at radius 2 is 0.733 bits per heavy atom. The average molecular weight is 429 g/mol. The zero-order valence-corrected chi connectivity index (χ0v) is 19.8. The topological polar surface area (TPSA) is 76.7 Å². The van der Waals surface area contributed by atoms with Gasteiger partial charge in [-0.1, -0.05) is 127 Å². The number of carbonyl (C=O) groups is 2. The molecule has 0 aliphatic rings. The third-order valence-electron chi connectivity index (χ3n) is 5.37. The largest absolute Gasteiger partial charge is 0.273 e. The number of nitrogens with one attached hydrogen (secondary N) is 2. The van der Waals surface area contributed by atoms with Gasteiger partial charge >= 0.3 is 0 Å². The minimum Gasteiger partial charge on any atom is -0.273 e. The van der Waals surface area contributed by atoms with Crippen molar-refractivity contribution in [2.45, 2.75) is 142 Å². The van der Waals surface area contributed by atoms with Crippen molar-refractivity contribution in [1.29, 1.82) is 0 Å². The van der Waals surface area contributed by atoms with Crippen molar-refractivity contribution < 1.29 is 19.6 Å². The van der Waals surface area contributed by atoms with E-state index in [1.807, 2.05) is 0 Å². The van der Waals surface area contributed by atoms with Gasteiger partial charge in [0.1, 0.15) is 0 Å². The lowest BCUT2D eigenvalue weighted by Crippen LogP contribution is -2.30. The molecule has 6 heteroatoms. The van der Waals surface area contributed by atoms with Crippen molar-refractivity contribution in [3.8, 4) is 0 Å². The lowest BCUT2D eigenvalue weighted by molar-refractivity contribution is -0.358. The summed E-state index contributed by atoms with van der Waals surface area (Å²) in [6, 6.07) is 0. The standard InChI is InChI=1S/C24H48N2O4/c1-3-5-7-9-11-13-15-17-19-21-23(27)25-29-30-26-24(28)22-20-18-16-14-12-10-8-6-4-2/h3-22H2,1-2H3,(H,25,27)(H,26,28). The third kappa shape index (κ3) is 23.1. The van der Waals surface area contributed by atoms with Crippen molar-refractivity contribution in [3.05, 3.63) is 0 Å². The van der Waals surface area contributed by atoms with Gasteiger partial charge in [0.25, 0.3) is 0 Å². The highest BCUT2D eigenvalue weighted by molar-refractivity contribution is 5.75. The molecule has 0 rings (SSSR count). The van der Waals surface area contributed by atoms with Gasteiger partial charge in [-0.15, -0.1) is 0 Å². The van der Waals surface area contributed by atoms with Crippen LogP contribution in [0.25, 0.3) is 0 Å². The molecular formula is C24H48N2O4. The Labute approximate surface area is 185 Å². The lowest BCUT2D eigenvalue weighted by atomic mass is 10.1. The Morgan fingerprint density at radius 3 is 1.03 bits per heavy atom. The molecule has 0 bridgehead atoms. The van der Waals surface area contributed by atoms with Crippen molar-refractivity contribution in [1.82, 2.24) is 11.0 Å². The highest BCUT2D eigenvalue weighted by Gasteiger charge is 2.04. The van der Waals surface area contributed by atoms with Crippen molar-refractivity contribution in [2.75, 3.05) is 0 Å². The molecule has 30 heavy (non-hydrogen) atoms. The van der Waals surface area contributed by atoms with E-state index in [4.69, 9.17) is 0 Å². The molecule has 0 aliphatic heterocycles. The molecule has 0 aromatic carbocycles. The van der Waals surface area contributed by atoms with E-state index in [9.17, 15) is 9.59 Å². The number of unbranched alkanes of at least 4 members (excludes halogenated alkanes) is 16. The molecule has 0 aromatic heterocycles. The van der Waals surface area contributed by atoms with Crippen LogP contribution in [-0.4, -0.2) is 11.8 Å². The normalized spacial score (nSPS) is 10.9. The summed E-state index contributed by atoms with van der Waals surface area (Å²) in [5.74, 6) is -0.461. The van der Waals surface area contributed by atoms with Gasteiger partial charge in [-0.05, 0) is 12.8 Å². The van der Waals surface area contributed by atoms with E-state index >= 15 is 0 Å². The number of carbonyl (C=O) groups excluding carboxylic acids is 2. The molecule has 0 atom stereocenters. The van der Waals surface area contributed by atoms with Gasteiger partial charge in [0.2, 0.25) is 11.8 Å². The first-order valence-electron chi connectivity index (χ1n) is 12.6. The molecule has 0 aromatic rings. The smallest absolute Gasteiger partial charge is 0.246 e. The van der Waals surface area contributed by atoms with Crippen LogP contribution in [0, 0.1) is 0 Å². The van der Waals surface area contributed by atoms with Gasteiger partial charge in [0.05, 0.1) is 0 Å². The Kier molecular flexibility index (Phi) is 23.2. The van der Waals surface area contributed by atoms with E-state index in [0.717, 1.165) is 25.7 Å². The van der Waals surface area contributed by atoms with Crippen LogP contribution in [-0.2, 0) is 19.6 Å². The molecular weight excluding hydrogens is 380 g/mol. The number of hydroxylamine groups is 2. The van der Waals surface area contributed by atoms with Crippen LogP contribution in [0.4, 0.5) is 0 Å². The minimum absolute atomic E-state index is 0.230. The Balaban J connectivity index is 3.29. The zero-order chi connectivity index (χ0) is 22.1. The van der Waals surface area contributed by atoms with Crippen LogP contribution in [0.3, 0.4) is 0 Å². The van der Waals surface area contributed by atoms with Crippen molar-refractivity contribution >= 4 is 11.8 Å². The molecule has 6 nitrogen and oxygen atoms in total. The maximum atomic E-state index is 11.6. The fraction of sp³-hybridized carbons (Fsp3) is 0.917. The molecule has 0 radical (unpaired) electrons. The monoisotopic (exact) mass is 428 g/mol. The second kappa shape index (κ2) is 24.1. The molecule has 0 saturated carbocycles. The maximum absolute atomic E-state index is 11.6. The van der Waals surface area contributed by atoms with Gasteiger partial charge in [0, 0.05) is 12.8 Å². The van der Waals surface area contributed by atoms with E-state index in [1.165, 1.54) is 89.9 Å². The summed E-state index contributed by atoms with van der Waals surface area (Å²) in [6.07, 6.45) is 22.6. The molecule has 2 amide bonds. The molecule has 0 fully saturated rings. The summed E-state index contributed by atoms with van der Waals surface area (Å²) in [5, 5.41) is 0. The summed E-state index contributed by atoms with van der Waals surface area (Å²) in [4.78, 5) is 32.4. The first kappa shape index (κ1) is 28.9. The Morgan fingerprint density at radius 1 is 0.467 bits per heavy atom. The van der Waals surface area contributed by atoms with E-state index in [2.05, 4.69) is 34.8 Å². The Hall–Kier alpha value is -1.14. The fourth-order valence-corrected chi connectivity index (χ4v) is 3.43. The molecule has 178 valence electrons. The molecule has 0 aliphatic carbocycles. The van der Waals surface area contributed by atoms with E-state index < -0.39 is 0 Å². The number of hydrogen-bond acceptors (Lipinski definition) is 4. The first-order valence-corrected chi connectivity index (χ1v) is 12.6. The van der Waals surface area contributed by atoms with Crippen LogP contribution in [0.1, 0.15) is 142 Å². The van der Waals surface area contributed by atoms with Crippen molar-refractivity contribution in [2.24, 2.45) is 0 Å². The number of amides is 2. The molecule has 0 heterocycles. The van der Waals surface area contributed by atoms with Crippen LogP contribution in [0.2, 0.25) is 0 Å². The third-order valence-corrected chi connectivity index (χ3v) is 5.37. The van der Waals surface area contributed by atoms with Gasteiger partial charge in [0.15, 0.2) is 0 Å². The zero-order valence-electron chi connectivity index (χ0n) is 19.8. The van der Waals surface area contributed by atoms with E-state index in [-0.39, 0.29) is 11.8 Å². The maximum Gasteiger partial charge on any atom is 0.246 e. The summed E-state index contributed by atoms with van der Waals surface area (Å²) in [5.41, 5.74) is 4.38. The van der Waals surface area contributed by atoms with Gasteiger partial charge < -0.3 is 0 Å². The van der Waals surface area contributed by atoms with Crippen LogP contribution < -0.4 is 11.0 Å². The Bertz CT molecular complexity index is 355. The van der Waals surface area contributed by atoms with Crippen LogP contribution in [0.5, 0.6) is 0 Å². The molecule has 0 unspecified atom stereocenters. The predicted molar refractivity (Wildman–Crippen MR) is 122 cm³/mol. The lowest BCUT2D eigenvalue weighted by Gasteiger charge is -2.06. The van der Waals surface area contributed by atoms with Gasteiger partial charge in [-0.2, -0.15) is 0 Å². The number of hydrogen-bond donors (Lipinski definition) is 2. The molecule has 0 spiro atoms. The quantitative estimate of drug-likeness (QED) is 0.106. The van der Waals surface area contributed by atoms with Crippen LogP contribution in [0.15, 0.2) is 0 Å². The molecule has 2 N–H and O–H groups in total. The SMILES string of the molecule is CCCCCCCCCCCC(=O)NOONC(=O)CCCCCCCCCCC. The predicted octanol–water partition coefficient (Wildman–Crippen LogP) is 6.84. The van der Waals surface area contributed by atoms with Gasteiger partial charge in [-0.3, -0.25) is 9.59 Å². The fourth-order valence-electron chi connectivity index (χ4n) is 3.43. The van der Waals surface area contributed by atoms with Crippen LogP contribution >= 0.6 is 0 Å². The second-order valence-electron chi connectivity index (χ2n) is 8.37. The highest BCUT2D eigenvalue weighted by Crippen LogP contribution is 2.11. The van der Waals surface area contributed by atoms with Gasteiger partial charge in [-0.25, -0.2) is 11.0 Å². The van der Waals surface area contributed by atoms with Crippen molar-refractivity contribution in [3.63, 3.8) is 0 Å². The minimum atomic E-state index is -0.230. The summed E-state index contributed by atoms with van der Waals surface area (Å²) in [7, 11) is 0.